The van der Waals surface area contributed by atoms with Gasteiger partial charge in [0.2, 0.25) is 0 Å². The summed E-state index contributed by atoms with van der Waals surface area (Å²) in [6, 6.07) is 13.8. The van der Waals surface area contributed by atoms with Crippen molar-refractivity contribution >= 4 is 11.8 Å². The second-order valence-electron chi connectivity index (χ2n) is 4.24. The lowest BCUT2D eigenvalue weighted by molar-refractivity contribution is 0.0696. The molecule has 1 N–H and O–H groups in total. The van der Waals surface area contributed by atoms with E-state index in [1.54, 1.807) is 12.1 Å². The van der Waals surface area contributed by atoms with Crippen LogP contribution in [0.1, 0.15) is 38.8 Å². The number of carbonyl (C=O) groups is 2. The highest BCUT2D eigenvalue weighted by molar-refractivity contribution is 5.98. The number of benzene rings is 2. The molecule has 3 nitrogen and oxygen atoms in total. The summed E-state index contributed by atoms with van der Waals surface area (Å²) >= 11 is 0. The van der Waals surface area contributed by atoms with E-state index < -0.39 is 5.97 Å². The Hall–Kier alpha value is -2.86. The van der Waals surface area contributed by atoms with Crippen LogP contribution in [0.4, 0.5) is 0 Å². The maximum atomic E-state index is 11.3. The predicted octanol–water partition coefficient (Wildman–Crippen LogP) is 2.99. The van der Waals surface area contributed by atoms with Crippen LogP contribution >= 0.6 is 0 Å². The molecule has 0 atom stereocenters. The van der Waals surface area contributed by atoms with E-state index in [2.05, 4.69) is 11.8 Å². The molecule has 0 aliphatic carbocycles. The largest absolute Gasteiger partial charge is 0.478 e. The smallest absolute Gasteiger partial charge is 0.336 e. The molecule has 0 spiro atoms. The molecule has 0 unspecified atom stereocenters. The molecule has 2 aromatic carbocycles. The molecule has 0 fully saturated rings. The van der Waals surface area contributed by atoms with Crippen LogP contribution in [0.3, 0.4) is 0 Å². The Labute approximate surface area is 116 Å². The molecule has 0 aliphatic rings. The van der Waals surface area contributed by atoms with Gasteiger partial charge in [-0.2, -0.15) is 0 Å². The van der Waals surface area contributed by atoms with Crippen molar-refractivity contribution < 1.29 is 14.7 Å². The molecule has 3 heteroatoms. The van der Waals surface area contributed by atoms with Crippen molar-refractivity contribution in [3.05, 3.63) is 70.8 Å². The minimum atomic E-state index is -1.09. The SMILES string of the molecule is CC(=O)c1ccc(C#Cc2ccccc2)c(C(=O)O)c1. The van der Waals surface area contributed by atoms with Crippen molar-refractivity contribution in [3.63, 3.8) is 0 Å². The first-order valence-electron chi connectivity index (χ1n) is 6.03. The molecule has 98 valence electrons. The van der Waals surface area contributed by atoms with Crippen LogP contribution in [0.25, 0.3) is 0 Å². The first-order valence-corrected chi connectivity index (χ1v) is 6.03. The Balaban J connectivity index is 2.45. The van der Waals surface area contributed by atoms with E-state index in [9.17, 15) is 14.7 Å². The summed E-state index contributed by atoms with van der Waals surface area (Å²) in [7, 11) is 0. The number of hydrogen-bond donors (Lipinski definition) is 1. The lowest BCUT2D eigenvalue weighted by Crippen LogP contribution is -2.03. The van der Waals surface area contributed by atoms with Gasteiger partial charge < -0.3 is 5.11 Å². The van der Waals surface area contributed by atoms with E-state index in [4.69, 9.17) is 0 Å². The van der Waals surface area contributed by atoms with Gasteiger partial charge in [0.1, 0.15) is 0 Å². The number of carbonyl (C=O) groups excluding carboxylic acids is 1. The fourth-order valence-electron chi connectivity index (χ4n) is 1.71. The van der Waals surface area contributed by atoms with E-state index in [-0.39, 0.29) is 11.3 Å². The second kappa shape index (κ2) is 5.85. The van der Waals surface area contributed by atoms with Crippen LogP contribution < -0.4 is 0 Å². The van der Waals surface area contributed by atoms with Crippen molar-refractivity contribution in [2.75, 3.05) is 0 Å². The number of hydrogen-bond acceptors (Lipinski definition) is 2. The third kappa shape index (κ3) is 3.12. The minimum absolute atomic E-state index is 0.0427. The van der Waals surface area contributed by atoms with Gasteiger partial charge in [0.05, 0.1) is 5.56 Å². The number of rotatable bonds is 2. The lowest BCUT2D eigenvalue weighted by atomic mass is 10.0. The van der Waals surface area contributed by atoms with E-state index in [0.29, 0.717) is 11.1 Å². The van der Waals surface area contributed by atoms with Crippen LogP contribution in [0.2, 0.25) is 0 Å². The Morgan fingerprint density at radius 1 is 1.00 bits per heavy atom. The number of aromatic carboxylic acids is 1. The zero-order chi connectivity index (χ0) is 14.5. The van der Waals surface area contributed by atoms with E-state index >= 15 is 0 Å². The summed E-state index contributed by atoms with van der Waals surface area (Å²) in [5.74, 6) is 4.48. The third-order valence-electron chi connectivity index (χ3n) is 2.77. The summed E-state index contributed by atoms with van der Waals surface area (Å²) in [5, 5.41) is 9.19. The van der Waals surface area contributed by atoms with E-state index in [0.717, 1.165) is 5.56 Å². The van der Waals surface area contributed by atoms with Gasteiger partial charge in [0, 0.05) is 16.7 Å². The molecule has 0 amide bonds. The third-order valence-corrected chi connectivity index (χ3v) is 2.77. The van der Waals surface area contributed by atoms with Gasteiger partial charge in [-0.3, -0.25) is 4.79 Å². The van der Waals surface area contributed by atoms with Crippen molar-refractivity contribution in [1.29, 1.82) is 0 Å². The number of ketones is 1. The predicted molar refractivity (Wildman–Crippen MR) is 75.8 cm³/mol. The Kier molecular flexibility index (Phi) is 3.97. The van der Waals surface area contributed by atoms with Crippen LogP contribution in [0.5, 0.6) is 0 Å². The van der Waals surface area contributed by atoms with Crippen molar-refractivity contribution in [3.8, 4) is 11.8 Å². The van der Waals surface area contributed by atoms with Gasteiger partial charge in [0.25, 0.3) is 0 Å². The first-order chi connectivity index (χ1) is 9.58. The highest BCUT2D eigenvalue weighted by atomic mass is 16.4. The molecule has 0 aromatic heterocycles. The van der Waals surface area contributed by atoms with Crippen molar-refractivity contribution in [2.24, 2.45) is 0 Å². The average molecular weight is 264 g/mol. The summed E-state index contributed by atoms with van der Waals surface area (Å²) in [4.78, 5) is 22.5. The van der Waals surface area contributed by atoms with Gasteiger partial charge in [0.15, 0.2) is 5.78 Å². The molecule has 0 aliphatic heterocycles. The molecule has 0 saturated carbocycles. The Morgan fingerprint density at radius 3 is 2.30 bits per heavy atom. The van der Waals surface area contributed by atoms with Crippen LogP contribution in [-0.4, -0.2) is 16.9 Å². The maximum Gasteiger partial charge on any atom is 0.336 e. The molecule has 0 heterocycles. The van der Waals surface area contributed by atoms with Gasteiger partial charge >= 0.3 is 5.97 Å². The topological polar surface area (TPSA) is 54.4 Å². The van der Waals surface area contributed by atoms with Gasteiger partial charge in [-0.1, -0.05) is 36.1 Å². The first kappa shape index (κ1) is 13.6. The summed E-state index contributed by atoms with van der Waals surface area (Å²) in [5.41, 5.74) is 1.61. The van der Waals surface area contributed by atoms with Crippen LogP contribution in [0.15, 0.2) is 48.5 Å². The van der Waals surface area contributed by atoms with Crippen molar-refractivity contribution in [1.82, 2.24) is 0 Å². The monoisotopic (exact) mass is 264 g/mol. The lowest BCUT2D eigenvalue weighted by Gasteiger charge is -2.01. The molecule has 20 heavy (non-hydrogen) atoms. The van der Waals surface area contributed by atoms with Gasteiger partial charge in [-0.25, -0.2) is 4.79 Å². The highest BCUT2D eigenvalue weighted by Gasteiger charge is 2.11. The number of carboxylic acid groups (broad SMARTS) is 1. The van der Waals surface area contributed by atoms with Crippen molar-refractivity contribution in [2.45, 2.75) is 6.92 Å². The summed E-state index contributed by atoms with van der Waals surface area (Å²) in [6.45, 7) is 1.40. The normalized spacial score (nSPS) is 9.45. The van der Waals surface area contributed by atoms with Crippen LogP contribution in [-0.2, 0) is 0 Å². The fraction of sp³-hybridized carbons (Fsp3) is 0.0588. The molecular formula is C17H12O3. The van der Waals surface area contributed by atoms with Crippen LogP contribution in [0, 0.1) is 11.8 Å². The fourth-order valence-corrected chi connectivity index (χ4v) is 1.71. The van der Waals surface area contributed by atoms with E-state index in [1.807, 2.05) is 30.3 Å². The molecular weight excluding hydrogens is 252 g/mol. The highest BCUT2D eigenvalue weighted by Crippen LogP contribution is 2.12. The second-order valence-corrected chi connectivity index (χ2v) is 4.24. The standard InChI is InChI=1S/C17H12O3/c1-12(18)15-10-9-14(16(11-15)17(19)20)8-7-13-5-3-2-4-6-13/h2-6,9-11H,1H3,(H,19,20). The molecule has 0 radical (unpaired) electrons. The molecule has 0 bridgehead atoms. The Bertz CT molecular complexity index is 719. The minimum Gasteiger partial charge on any atom is -0.478 e. The zero-order valence-corrected chi connectivity index (χ0v) is 10.9. The molecule has 2 aromatic rings. The number of Topliss-reactive ketones (excluding diaryl/α,β-unsaturated/α-hetero) is 1. The Morgan fingerprint density at radius 2 is 1.70 bits per heavy atom. The molecule has 2 rings (SSSR count). The van der Waals surface area contributed by atoms with Gasteiger partial charge in [-0.05, 0) is 31.2 Å². The van der Waals surface area contributed by atoms with E-state index in [1.165, 1.54) is 13.0 Å². The van der Waals surface area contributed by atoms with Gasteiger partial charge in [-0.15, -0.1) is 0 Å². The summed E-state index contributed by atoms with van der Waals surface area (Å²) < 4.78 is 0. The zero-order valence-electron chi connectivity index (χ0n) is 10.9. The average Bonchev–Trinajstić information content (AvgIpc) is 2.45. The number of carboxylic acids is 1. The summed E-state index contributed by atoms with van der Waals surface area (Å²) in [6.07, 6.45) is 0. The quantitative estimate of drug-likeness (QED) is 0.670. The maximum absolute atomic E-state index is 11.3. The molecule has 0 saturated heterocycles.